The first kappa shape index (κ1) is 40.1. The summed E-state index contributed by atoms with van der Waals surface area (Å²) in [4.78, 5) is 70.7. The van der Waals surface area contributed by atoms with Crippen molar-refractivity contribution in [3.63, 3.8) is 0 Å². The Bertz CT molecular complexity index is 1640. The lowest BCUT2D eigenvalue weighted by Gasteiger charge is -2.38. The van der Waals surface area contributed by atoms with Gasteiger partial charge in [-0.25, -0.2) is 19.2 Å². The van der Waals surface area contributed by atoms with Crippen LogP contribution in [0.5, 0.6) is 0 Å². The van der Waals surface area contributed by atoms with Crippen molar-refractivity contribution in [1.29, 1.82) is 0 Å². The van der Waals surface area contributed by atoms with Crippen molar-refractivity contribution in [2.75, 3.05) is 31.5 Å². The zero-order chi connectivity index (χ0) is 38.4. The second-order valence-corrected chi connectivity index (χ2v) is 16.2. The van der Waals surface area contributed by atoms with Crippen LogP contribution < -0.4 is 27.0 Å². The van der Waals surface area contributed by atoms with E-state index in [1.807, 2.05) is 45.0 Å². The van der Waals surface area contributed by atoms with E-state index >= 15 is 0 Å². The van der Waals surface area contributed by atoms with Crippen LogP contribution in [-0.4, -0.2) is 105 Å². The Labute approximate surface area is 306 Å². The van der Waals surface area contributed by atoms with E-state index in [2.05, 4.69) is 33.2 Å². The lowest BCUT2D eigenvalue weighted by molar-refractivity contribution is -0.138. The van der Waals surface area contributed by atoms with Gasteiger partial charge in [-0.1, -0.05) is 12.1 Å². The minimum Gasteiger partial charge on any atom is -0.444 e. The SMILES string of the molecule is CC(Cc1ccc(-n2ccc(NC(=O)N3CCN(C(=O)C(C)(C)NC(=O)OC(C)(C)C)CC3)nc2=O)cc1)NC1CCC(NC(=O)OC(C)(C)C)C1. The monoisotopic (exact) mass is 724 g/mol. The van der Waals surface area contributed by atoms with E-state index in [1.54, 1.807) is 56.7 Å². The molecule has 15 heteroatoms. The lowest BCUT2D eigenvalue weighted by atomic mass is 10.0. The van der Waals surface area contributed by atoms with Crippen molar-refractivity contribution in [3.8, 4) is 5.69 Å². The summed E-state index contributed by atoms with van der Waals surface area (Å²) in [6.07, 6.45) is 4.03. The van der Waals surface area contributed by atoms with Crippen LogP contribution in [0.3, 0.4) is 0 Å². The van der Waals surface area contributed by atoms with Crippen LogP contribution in [0.25, 0.3) is 5.69 Å². The molecule has 0 spiro atoms. The smallest absolute Gasteiger partial charge is 0.408 e. The first-order valence-electron chi connectivity index (χ1n) is 18.0. The fourth-order valence-corrected chi connectivity index (χ4v) is 6.32. The fraction of sp³-hybridized carbons (Fsp3) is 0.622. The summed E-state index contributed by atoms with van der Waals surface area (Å²) < 4.78 is 12.1. The summed E-state index contributed by atoms with van der Waals surface area (Å²) in [7, 11) is 0. The highest BCUT2D eigenvalue weighted by Crippen LogP contribution is 2.21. The Morgan fingerprint density at radius 3 is 2.00 bits per heavy atom. The number of nitrogens with zero attached hydrogens (tertiary/aromatic N) is 4. The first-order valence-corrected chi connectivity index (χ1v) is 18.0. The quantitative estimate of drug-likeness (QED) is 0.296. The van der Waals surface area contributed by atoms with Crippen LogP contribution in [0.4, 0.5) is 20.2 Å². The van der Waals surface area contributed by atoms with Crippen molar-refractivity contribution in [2.24, 2.45) is 0 Å². The molecule has 0 radical (unpaired) electrons. The number of carbonyl (C=O) groups excluding carboxylic acids is 4. The molecule has 1 aromatic heterocycles. The molecule has 1 saturated carbocycles. The molecule has 5 amide bonds. The summed E-state index contributed by atoms with van der Waals surface area (Å²) in [5.74, 6) is -0.157. The molecule has 15 nitrogen and oxygen atoms in total. The number of ether oxygens (including phenoxy) is 2. The van der Waals surface area contributed by atoms with E-state index in [1.165, 1.54) is 4.57 Å². The minimum atomic E-state index is -1.19. The van der Waals surface area contributed by atoms with Crippen molar-refractivity contribution in [1.82, 2.24) is 35.3 Å². The van der Waals surface area contributed by atoms with E-state index in [0.717, 1.165) is 31.2 Å². The van der Waals surface area contributed by atoms with Crippen LogP contribution >= 0.6 is 0 Å². The number of rotatable bonds is 9. The van der Waals surface area contributed by atoms with Crippen LogP contribution in [0, 0.1) is 0 Å². The van der Waals surface area contributed by atoms with Crippen LogP contribution in [0.15, 0.2) is 41.3 Å². The number of benzene rings is 1. The molecule has 3 atom stereocenters. The molecule has 2 heterocycles. The summed E-state index contributed by atoms with van der Waals surface area (Å²) >= 11 is 0. The number of aromatic nitrogens is 2. The third-order valence-corrected chi connectivity index (χ3v) is 8.67. The Morgan fingerprint density at radius 2 is 1.40 bits per heavy atom. The third-order valence-electron chi connectivity index (χ3n) is 8.67. The van der Waals surface area contributed by atoms with Gasteiger partial charge in [0.15, 0.2) is 0 Å². The highest BCUT2D eigenvalue weighted by molar-refractivity contribution is 5.90. The average molecular weight is 725 g/mol. The van der Waals surface area contributed by atoms with Crippen molar-refractivity contribution < 1.29 is 28.7 Å². The highest BCUT2D eigenvalue weighted by Gasteiger charge is 2.37. The molecule has 3 unspecified atom stereocenters. The number of hydrogen-bond donors (Lipinski definition) is 4. The van der Waals surface area contributed by atoms with Crippen LogP contribution in [0.2, 0.25) is 0 Å². The maximum absolute atomic E-state index is 13.1. The second kappa shape index (κ2) is 16.3. The Balaban J connectivity index is 1.23. The summed E-state index contributed by atoms with van der Waals surface area (Å²) in [5.41, 5.74) is -1.19. The zero-order valence-electron chi connectivity index (χ0n) is 32.0. The number of hydrogen-bond acceptors (Lipinski definition) is 9. The lowest BCUT2D eigenvalue weighted by Crippen LogP contribution is -2.60. The molecular formula is C37H56N8O7. The fourth-order valence-electron chi connectivity index (χ4n) is 6.32. The van der Waals surface area contributed by atoms with Gasteiger partial charge in [-0.15, -0.1) is 0 Å². The average Bonchev–Trinajstić information content (AvgIpc) is 3.45. The number of alkyl carbamates (subject to hydrolysis) is 2. The molecule has 2 aromatic rings. The van der Waals surface area contributed by atoms with Gasteiger partial charge in [-0.05, 0) is 112 Å². The molecular weight excluding hydrogens is 668 g/mol. The second-order valence-electron chi connectivity index (χ2n) is 16.2. The van der Waals surface area contributed by atoms with Gasteiger partial charge in [-0.3, -0.25) is 14.7 Å². The molecule has 1 aliphatic carbocycles. The summed E-state index contributed by atoms with van der Waals surface area (Å²) in [6, 6.07) is 9.44. The molecule has 4 rings (SSSR count). The molecule has 0 bridgehead atoms. The topological polar surface area (TPSA) is 176 Å². The normalized spacial score (nSPS) is 18.7. The van der Waals surface area contributed by atoms with Gasteiger partial charge < -0.3 is 35.2 Å². The van der Waals surface area contributed by atoms with Crippen molar-refractivity contribution in [2.45, 2.75) is 123 Å². The molecule has 1 aliphatic heterocycles. The maximum Gasteiger partial charge on any atom is 0.408 e. The predicted octanol–water partition coefficient (Wildman–Crippen LogP) is 4.18. The van der Waals surface area contributed by atoms with Gasteiger partial charge in [0.2, 0.25) is 5.91 Å². The largest absolute Gasteiger partial charge is 0.444 e. The zero-order valence-corrected chi connectivity index (χ0v) is 32.0. The molecule has 4 N–H and O–H groups in total. The number of urea groups is 1. The molecule has 2 aliphatic rings. The maximum atomic E-state index is 13.1. The third kappa shape index (κ3) is 12.0. The van der Waals surface area contributed by atoms with E-state index in [4.69, 9.17) is 9.47 Å². The van der Waals surface area contributed by atoms with Crippen LogP contribution in [0.1, 0.15) is 87.1 Å². The molecule has 1 aromatic carbocycles. The van der Waals surface area contributed by atoms with Gasteiger partial charge in [0, 0.05) is 50.5 Å². The number of anilines is 1. The van der Waals surface area contributed by atoms with Gasteiger partial charge in [0.1, 0.15) is 22.6 Å². The highest BCUT2D eigenvalue weighted by atomic mass is 16.6. The van der Waals surface area contributed by atoms with Gasteiger partial charge in [0.25, 0.3) is 0 Å². The minimum absolute atomic E-state index is 0.0912. The van der Waals surface area contributed by atoms with Gasteiger partial charge >= 0.3 is 23.9 Å². The van der Waals surface area contributed by atoms with Crippen molar-refractivity contribution in [3.05, 3.63) is 52.6 Å². The van der Waals surface area contributed by atoms with Gasteiger partial charge in [-0.2, -0.15) is 4.98 Å². The molecule has 1 saturated heterocycles. The van der Waals surface area contributed by atoms with Crippen LogP contribution in [-0.2, 0) is 20.7 Å². The predicted molar refractivity (Wildman–Crippen MR) is 198 cm³/mol. The number of carbonyl (C=O) groups is 4. The molecule has 2 fully saturated rings. The van der Waals surface area contributed by atoms with E-state index in [-0.39, 0.29) is 56.1 Å². The Kier molecular flexibility index (Phi) is 12.6. The first-order chi connectivity index (χ1) is 24.2. The summed E-state index contributed by atoms with van der Waals surface area (Å²) in [6.45, 7) is 17.2. The number of nitrogens with one attached hydrogen (secondary N) is 4. The van der Waals surface area contributed by atoms with Crippen molar-refractivity contribution >= 4 is 29.9 Å². The standard InChI is InChI=1S/C37H56N8O7/c1-24(38-26-12-13-27(23-26)39-33(49)51-35(2,3)4)22-25-10-14-28(15-11-25)45-17-16-29(41-32(45)48)40-31(47)44-20-18-43(19-21-44)30(46)37(8,9)42-34(50)52-36(5,6)7/h10-11,14-17,24,26-27,38H,12-13,18-23H2,1-9H3,(H,39,49)(H,42,50)(H,40,41,47,48). The number of amides is 5. The number of piperazine rings is 1. The van der Waals surface area contributed by atoms with Gasteiger partial charge in [0.05, 0.1) is 5.69 Å². The van der Waals surface area contributed by atoms with E-state index in [9.17, 15) is 24.0 Å². The van der Waals surface area contributed by atoms with E-state index < -0.39 is 34.6 Å². The molecule has 286 valence electrons. The Morgan fingerprint density at radius 1 is 0.827 bits per heavy atom. The Hall–Kier alpha value is -4.66. The molecule has 52 heavy (non-hydrogen) atoms. The van der Waals surface area contributed by atoms with E-state index in [0.29, 0.717) is 11.7 Å². The summed E-state index contributed by atoms with van der Waals surface area (Å²) in [5, 5.41) is 12.0.